The van der Waals surface area contributed by atoms with Gasteiger partial charge in [0.05, 0.1) is 0 Å². The molecule has 0 radical (unpaired) electrons. The molecule has 0 aliphatic heterocycles. The molecule has 1 atom stereocenters. The Bertz CT molecular complexity index is 446. The number of hydrogen-bond acceptors (Lipinski definition) is 4. The zero-order chi connectivity index (χ0) is 14.6. The van der Waals surface area contributed by atoms with Crippen LogP contribution in [0, 0.1) is 5.92 Å². The molecule has 1 aliphatic carbocycles. The van der Waals surface area contributed by atoms with Gasteiger partial charge in [-0.25, -0.2) is 0 Å². The third-order valence-electron chi connectivity index (χ3n) is 4.16. The van der Waals surface area contributed by atoms with Crippen LogP contribution in [0.5, 0.6) is 0 Å². The number of rotatable bonds is 8. The summed E-state index contributed by atoms with van der Waals surface area (Å²) in [7, 11) is 3.86. The molecule has 1 aromatic heterocycles. The maximum absolute atomic E-state index is 11.9. The number of carbonyl (C=O) groups excluding carboxylic acids is 1. The van der Waals surface area contributed by atoms with Crippen LogP contribution in [-0.2, 0) is 11.2 Å². The molecule has 1 unspecified atom stereocenters. The molecule has 1 heterocycles. The fourth-order valence-electron chi connectivity index (χ4n) is 2.75. The Kier molecular flexibility index (Phi) is 4.73. The number of aromatic nitrogens is 1. The molecule has 5 nitrogen and oxygen atoms in total. The molecule has 0 bridgehead atoms. The molecule has 110 valence electrons. The van der Waals surface area contributed by atoms with E-state index in [1.54, 1.807) is 6.20 Å². The van der Waals surface area contributed by atoms with Crippen LogP contribution in [0.2, 0.25) is 0 Å². The Morgan fingerprint density at radius 1 is 1.55 bits per heavy atom. The van der Waals surface area contributed by atoms with E-state index in [0.717, 1.165) is 31.5 Å². The molecule has 0 spiro atoms. The summed E-state index contributed by atoms with van der Waals surface area (Å²) in [6, 6.07) is 5.93. The topological polar surface area (TPSA) is 71.2 Å². The molecule has 1 saturated carbocycles. The van der Waals surface area contributed by atoms with Crippen molar-refractivity contribution >= 4 is 5.91 Å². The van der Waals surface area contributed by atoms with Gasteiger partial charge in [-0.3, -0.25) is 9.78 Å². The number of likely N-dealkylation sites (N-methyl/N-ethyl adjacent to an activating group) is 2. The van der Waals surface area contributed by atoms with E-state index in [9.17, 15) is 4.79 Å². The van der Waals surface area contributed by atoms with Gasteiger partial charge in [0.2, 0.25) is 5.91 Å². The minimum atomic E-state index is -0.584. The standard InChI is InChI=1S/C15H24N4O/c1-17-15(14(16)20,12-6-7-12)11-19(2)10-8-13-5-3-4-9-18-13/h3-5,9,12,17H,6-8,10-11H2,1-2H3,(H2,16,20). The lowest BCUT2D eigenvalue weighted by Gasteiger charge is -2.34. The second-order valence-electron chi connectivity index (χ2n) is 5.67. The number of nitrogens with two attached hydrogens (primary N) is 1. The first kappa shape index (κ1) is 14.9. The Morgan fingerprint density at radius 3 is 2.80 bits per heavy atom. The number of carbonyl (C=O) groups is 1. The van der Waals surface area contributed by atoms with Crippen molar-refractivity contribution in [1.29, 1.82) is 0 Å². The molecule has 1 fully saturated rings. The van der Waals surface area contributed by atoms with Gasteiger partial charge in [0, 0.05) is 31.4 Å². The fraction of sp³-hybridized carbons (Fsp3) is 0.600. The highest BCUT2D eigenvalue weighted by Crippen LogP contribution is 2.39. The van der Waals surface area contributed by atoms with Crippen LogP contribution in [0.15, 0.2) is 24.4 Å². The largest absolute Gasteiger partial charge is 0.368 e. The summed E-state index contributed by atoms with van der Waals surface area (Å²) in [5.41, 5.74) is 6.12. The van der Waals surface area contributed by atoms with Crippen molar-refractivity contribution in [2.75, 3.05) is 27.2 Å². The van der Waals surface area contributed by atoms with Gasteiger partial charge in [-0.1, -0.05) is 6.07 Å². The van der Waals surface area contributed by atoms with Crippen LogP contribution in [0.1, 0.15) is 18.5 Å². The Balaban J connectivity index is 1.92. The van der Waals surface area contributed by atoms with Crippen molar-refractivity contribution in [3.05, 3.63) is 30.1 Å². The maximum atomic E-state index is 11.9. The number of amides is 1. The average Bonchev–Trinajstić information content (AvgIpc) is 3.28. The summed E-state index contributed by atoms with van der Waals surface area (Å²) in [5.74, 6) is 0.134. The maximum Gasteiger partial charge on any atom is 0.239 e. The third kappa shape index (κ3) is 3.35. The number of primary amides is 1. The summed E-state index contributed by atoms with van der Waals surface area (Å²) >= 11 is 0. The molecule has 0 aromatic carbocycles. The average molecular weight is 276 g/mol. The fourth-order valence-corrected chi connectivity index (χ4v) is 2.75. The Labute approximate surface area is 120 Å². The normalized spacial score (nSPS) is 17.9. The van der Waals surface area contributed by atoms with E-state index in [1.807, 2.05) is 32.3 Å². The van der Waals surface area contributed by atoms with Gasteiger partial charge in [-0.2, -0.15) is 0 Å². The van der Waals surface area contributed by atoms with Crippen LogP contribution in [0.3, 0.4) is 0 Å². The number of hydrogen-bond donors (Lipinski definition) is 2. The minimum absolute atomic E-state index is 0.243. The zero-order valence-corrected chi connectivity index (χ0v) is 12.3. The van der Waals surface area contributed by atoms with Crippen molar-refractivity contribution in [3.63, 3.8) is 0 Å². The number of nitrogens with zero attached hydrogens (tertiary/aromatic N) is 2. The SMILES string of the molecule is CNC(CN(C)CCc1ccccn1)(C(N)=O)C1CC1. The van der Waals surface area contributed by atoms with Crippen LogP contribution in [0.25, 0.3) is 0 Å². The number of nitrogens with one attached hydrogen (secondary N) is 1. The summed E-state index contributed by atoms with van der Waals surface area (Å²) in [6.45, 7) is 1.51. The quantitative estimate of drug-likeness (QED) is 0.721. The third-order valence-corrected chi connectivity index (χ3v) is 4.16. The van der Waals surface area contributed by atoms with E-state index in [2.05, 4.69) is 15.2 Å². The molecular formula is C15H24N4O. The van der Waals surface area contributed by atoms with Crippen LogP contribution in [-0.4, -0.2) is 48.5 Å². The van der Waals surface area contributed by atoms with Gasteiger partial charge in [0.15, 0.2) is 0 Å². The van der Waals surface area contributed by atoms with Gasteiger partial charge in [-0.05, 0) is 45.0 Å². The van der Waals surface area contributed by atoms with Crippen LogP contribution < -0.4 is 11.1 Å². The van der Waals surface area contributed by atoms with E-state index in [0.29, 0.717) is 12.5 Å². The zero-order valence-electron chi connectivity index (χ0n) is 12.3. The minimum Gasteiger partial charge on any atom is -0.368 e. The van der Waals surface area contributed by atoms with E-state index >= 15 is 0 Å². The highest BCUT2D eigenvalue weighted by atomic mass is 16.1. The molecule has 1 aromatic rings. The smallest absolute Gasteiger partial charge is 0.239 e. The molecule has 20 heavy (non-hydrogen) atoms. The Morgan fingerprint density at radius 2 is 2.30 bits per heavy atom. The summed E-state index contributed by atoms with van der Waals surface area (Å²) in [5, 5.41) is 3.17. The lowest BCUT2D eigenvalue weighted by atomic mass is 9.91. The Hall–Kier alpha value is -1.46. The van der Waals surface area contributed by atoms with Crippen molar-refractivity contribution in [3.8, 4) is 0 Å². The second kappa shape index (κ2) is 6.33. The van der Waals surface area contributed by atoms with Crippen molar-refractivity contribution in [2.45, 2.75) is 24.8 Å². The molecular weight excluding hydrogens is 252 g/mol. The van der Waals surface area contributed by atoms with Gasteiger partial charge >= 0.3 is 0 Å². The van der Waals surface area contributed by atoms with Gasteiger partial charge in [0.25, 0.3) is 0 Å². The van der Waals surface area contributed by atoms with Gasteiger partial charge < -0.3 is 16.0 Å². The first-order chi connectivity index (χ1) is 9.58. The van der Waals surface area contributed by atoms with Crippen molar-refractivity contribution < 1.29 is 4.79 Å². The van der Waals surface area contributed by atoms with E-state index in [1.165, 1.54) is 0 Å². The predicted molar refractivity (Wildman–Crippen MR) is 79.1 cm³/mol. The highest BCUT2D eigenvalue weighted by molar-refractivity contribution is 5.85. The first-order valence-corrected chi connectivity index (χ1v) is 7.16. The monoisotopic (exact) mass is 276 g/mol. The molecule has 0 saturated heterocycles. The van der Waals surface area contributed by atoms with Gasteiger partial charge in [-0.15, -0.1) is 0 Å². The lowest BCUT2D eigenvalue weighted by molar-refractivity contribution is -0.125. The predicted octanol–water partition coefficient (Wildman–Crippen LogP) is 0.409. The van der Waals surface area contributed by atoms with Crippen LogP contribution in [0.4, 0.5) is 0 Å². The second-order valence-corrected chi connectivity index (χ2v) is 5.67. The van der Waals surface area contributed by atoms with Crippen molar-refractivity contribution in [2.24, 2.45) is 11.7 Å². The molecule has 2 rings (SSSR count). The van der Waals surface area contributed by atoms with Gasteiger partial charge in [0.1, 0.15) is 5.54 Å². The molecule has 1 aliphatic rings. The van der Waals surface area contributed by atoms with E-state index < -0.39 is 5.54 Å². The molecule has 3 N–H and O–H groups in total. The van der Waals surface area contributed by atoms with Crippen LogP contribution >= 0.6 is 0 Å². The summed E-state index contributed by atoms with van der Waals surface area (Å²) < 4.78 is 0. The molecule has 1 amide bonds. The number of pyridine rings is 1. The first-order valence-electron chi connectivity index (χ1n) is 7.16. The summed E-state index contributed by atoms with van der Waals surface area (Å²) in [4.78, 5) is 18.3. The lowest BCUT2D eigenvalue weighted by Crippen LogP contribution is -2.61. The highest BCUT2D eigenvalue weighted by Gasteiger charge is 2.49. The van der Waals surface area contributed by atoms with E-state index in [-0.39, 0.29) is 5.91 Å². The van der Waals surface area contributed by atoms with E-state index in [4.69, 9.17) is 5.73 Å². The summed E-state index contributed by atoms with van der Waals surface area (Å²) in [6.07, 6.45) is 4.84. The van der Waals surface area contributed by atoms with Crippen molar-refractivity contribution in [1.82, 2.24) is 15.2 Å². The molecule has 5 heteroatoms.